The van der Waals surface area contributed by atoms with Crippen molar-refractivity contribution in [3.63, 3.8) is 0 Å². The molecule has 0 aliphatic heterocycles. The van der Waals surface area contributed by atoms with Crippen molar-refractivity contribution in [3.05, 3.63) is 38.0 Å². The van der Waals surface area contributed by atoms with Gasteiger partial charge in [0.15, 0.2) is 0 Å². The summed E-state index contributed by atoms with van der Waals surface area (Å²) < 4.78 is 0. The van der Waals surface area contributed by atoms with Crippen LogP contribution in [-0.4, -0.2) is 37.0 Å². The SMILES string of the molecule is C=CCNCC(=O)N(CC=C)CC=C. The highest BCUT2D eigenvalue weighted by atomic mass is 16.2. The van der Waals surface area contributed by atoms with Crippen LogP contribution in [0.25, 0.3) is 0 Å². The van der Waals surface area contributed by atoms with E-state index in [0.717, 1.165) is 0 Å². The highest BCUT2D eigenvalue weighted by Crippen LogP contribution is 1.90. The predicted octanol–water partition coefficient (Wildman–Crippen LogP) is 0.963. The molecule has 3 nitrogen and oxygen atoms in total. The molecule has 0 unspecified atom stereocenters. The van der Waals surface area contributed by atoms with Gasteiger partial charge >= 0.3 is 0 Å². The van der Waals surface area contributed by atoms with Crippen molar-refractivity contribution in [2.24, 2.45) is 0 Å². The Hall–Kier alpha value is -1.35. The largest absolute Gasteiger partial charge is 0.334 e. The van der Waals surface area contributed by atoms with Crippen molar-refractivity contribution >= 4 is 5.91 Å². The van der Waals surface area contributed by atoms with Crippen molar-refractivity contribution in [3.8, 4) is 0 Å². The molecule has 78 valence electrons. The first kappa shape index (κ1) is 12.7. The molecular formula is C11H18N2O. The van der Waals surface area contributed by atoms with E-state index in [0.29, 0.717) is 26.2 Å². The zero-order valence-corrected chi connectivity index (χ0v) is 8.54. The normalized spacial score (nSPS) is 9.14. The Kier molecular flexibility index (Phi) is 7.46. The van der Waals surface area contributed by atoms with Crippen LogP contribution in [0.1, 0.15) is 0 Å². The van der Waals surface area contributed by atoms with Crippen LogP contribution in [0.15, 0.2) is 38.0 Å². The molecule has 0 fully saturated rings. The number of nitrogens with zero attached hydrogens (tertiary/aromatic N) is 1. The van der Waals surface area contributed by atoms with Crippen LogP contribution in [0.2, 0.25) is 0 Å². The molecule has 0 saturated carbocycles. The lowest BCUT2D eigenvalue weighted by Gasteiger charge is -2.19. The van der Waals surface area contributed by atoms with Gasteiger partial charge in [-0.1, -0.05) is 18.2 Å². The molecule has 3 heteroatoms. The van der Waals surface area contributed by atoms with Gasteiger partial charge in [0.25, 0.3) is 0 Å². The van der Waals surface area contributed by atoms with E-state index in [1.165, 1.54) is 0 Å². The molecule has 0 saturated heterocycles. The monoisotopic (exact) mass is 194 g/mol. The smallest absolute Gasteiger partial charge is 0.237 e. The van der Waals surface area contributed by atoms with E-state index in [-0.39, 0.29) is 5.91 Å². The fraction of sp³-hybridized carbons (Fsp3) is 0.364. The van der Waals surface area contributed by atoms with Gasteiger partial charge in [0.05, 0.1) is 6.54 Å². The summed E-state index contributed by atoms with van der Waals surface area (Å²) in [6.45, 7) is 12.8. The second-order valence-corrected chi connectivity index (χ2v) is 2.80. The van der Waals surface area contributed by atoms with Crippen LogP contribution < -0.4 is 5.32 Å². The minimum Gasteiger partial charge on any atom is -0.334 e. The Labute approximate surface area is 85.8 Å². The fourth-order valence-corrected chi connectivity index (χ4v) is 0.983. The Balaban J connectivity index is 3.93. The van der Waals surface area contributed by atoms with Crippen molar-refractivity contribution in [1.82, 2.24) is 10.2 Å². The first-order valence-corrected chi connectivity index (χ1v) is 4.57. The molecule has 1 N–H and O–H groups in total. The van der Waals surface area contributed by atoms with Crippen molar-refractivity contribution in [1.29, 1.82) is 0 Å². The molecule has 1 amide bonds. The summed E-state index contributed by atoms with van der Waals surface area (Å²) in [6, 6.07) is 0. The summed E-state index contributed by atoms with van der Waals surface area (Å²) >= 11 is 0. The van der Waals surface area contributed by atoms with Crippen molar-refractivity contribution < 1.29 is 4.79 Å². The van der Waals surface area contributed by atoms with Gasteiger partial charge in [-0.2, -0.15) is 0 Å². The maximum absolute atomic E-state index is 11.5. The molecule has 0 aromatic carbocycles. The number of hydrogen-bond donors (Lipinski definition) is 1. The van der Waals surface area contributed by atoms with Crippen molar-refractivity contribution in [2.75, 3.05) is 26.2 Å². The molecule has 0 atom stereocenters. The zero-order chi connectivity index (χ0) is 10.8. The van der Waals surface area contributed by atoms with E-state index in [4.69, 9.17) is 0 Å². The third kappa shape index (κ3) is 5.32. The molecule has 0 aliphatic carbocycles. The number of amides is 1. The first-order chi connectivity index (χ1) is 6.76. The number of carbonyl (C=O) groups is 1. The van der Waals surface area contributed by atoms with Crippen LogP contribution in [0.4, 0.5) is 0 Å². The summed E-state index contributed by atoms with van der Waals surface area (Å²) in [5.41, 5.74) is 0. The topological polar surface area (TPSA) is 32.3 Å². The van der Waals surface area contributed by atoms with E-state index in [9.17, 15) is 4.79 Å². The quantitative estimate of drug-likeness (QED) is 0.461. The Bertz CT molecular complexity index is 201. The van der Waals surface area contributed by atoms with Crippen LogP contribution in [-0.2, 0) is 4.79 Å². The minimum absolute atomic E-state index is 0.0478. The maximum Gasteiger partial charge on any atom is 0.237 e. The molecule has 0 aromatic rings. The number of nitrogens with one attached hydrogen (secondary N) is 1. The highest BCUT2D eigenvalue weighted by molar-refractivity contribution is 5.78. The highest BCUT2D eigenvalue weighted by Gasteiger charge is 2.08. The molecule has 14 heavy (non-hydrogen) atoms. The zero-order valence-electron chi connectivity index (χ0n) is 8.54. The van der Waals surface area contributed by atoms with E-state index in [1.807, 2.05) is 0 Å². The van der Waals surface area contributed by atoms with Gasteiger partial charge in [0, 0.05) is 19.6 Å². The lowest BCUT2D eigenvalue weighted by molar-refractivity contribution is -0.129. The summed E-state index contributed by atoms with van der Waals surface area (Å²) in [6.07, 6.45) is 5.13. The summed E-state index contributed by atoms with van der Waals surface area (Å²) in [4.78, 5) is 13.2. The van der Waals surface area contributed by atoms with Gasteiger partial charge in [0.1, 0.15) is 0 Å². The molecule has 0 spiro atoms. The summed E-state index contributed by atoms with van der Waals surface area (Å²) in [5.74, 6) is 0.0478. The Morgan fingerprint density at radius 2 is 1.71 bits per heavy atom. The molecule has 0 heterocycles. The number of hydrogen-bond acceptors (Lipinski definition) is 2. The standard InChI is InChI=1S/C11H18N2O/c1-4-7-12-10-11(14)13(8-5-2)9-6-3/h4-6,12H,1-3,7-10H2. The average Bonchev–Trinajstić information content (AvgIpc) is 2.18. The van der Waals surface area contributed by atoms with Crippen molar-refractivity contribution in [2.45, 2.75) is 0 Å². The van der Waals surface area contributed by atoms with Crippen LogP contribution >= 0.6 is 0 Å². The fourth-order valence-electron chi connectivity index (χ4n) is 0.983. The van der Waals surface area contributed by atoms with E-state index in [2.05, 4.69) is 25.1 Å². The number of carbonyl (C=O) groups excluding carboxylic acids is 1. The second-order valence-electron chi connectivity index (χ2n) is 2.80. The lowest BCUT2D eigenvalue weighted by Crippen LogP contribution is -2.38. The lowest BCUT2D eigenvalue weighted by atomic mass is 10.4. The molecule has 0 bridgehead atoms. The van der Waals surface area contributed by atoms with Crippen LogP contribution in [0, 0.1) is 0 Å². The third-order valence-corrected chi connectivity index (χ3v) is 1.62. The predicted molar refractivity (Wildman–Crippen MR) is 60.0 cm³/mol. The molecule has 0 radical (unpaired) electrons. The molecule has 0 aromatic heterocycles. The van der Waals surface area contributed by atoms with E-state index < -0.39 is 0 Å². The van der Waals surface area contributed by atoms with Gasteiger partial charge in [-0.3, -0.25) is 4.79 Å². The van der Waals surface area contributed by atoms with Gasteiger partial charge in [0.2, 0.25) is 5.91 Å². The van der Waals surface area contributed by atoms with Gasteiger partial charge in [-0.25, -0.2) is 0 Å². The second kappa shape index (κ2) is 8.26. The van der Waals surface area contributed by atoms with E-state index >= 15 is 0 Å². The summed E-state index contributed by atoms with van der Waals surface area (Å²) in [5, 5.41) is 2.95. The van der Waals surface area contributed by atoms with Crippen LogP contribution in [0.5, 0.6) is 0 Å². The average molecular weight is 194 g/mol. The minimum atomic E-state index is 0.0478. The molecule has 0 aliphatic rings. The Morgan fingerprint density at radius 1 is 1.14 bits per heavy atom. The number of rotatable bonds is 8. The van der Waals surface area contributed by atoms with Crippen LogP contribution in [0.3, 0.4) is 0 Å². The Morgan fingerprint density at radius 3 is 2.14 bits per heavy atom. The van der Waals surface area contributed by atoms with Gasteiger partial charge < -0.3 is 10.2 Å². The summed E-state index contributed by atoms with van der Waals surface area (Å²) in [7, 11) is 0. The van der Waals surface area contributed by atoms with E-state index in [1.54, 1.807) is 23.1 Å². The maximum atomic E-state index is 11.5. The molecule has 0 rings (SSSR count). The first-order valence-electron chi connectivity index (χ1n) is 4.57. The molecular weight excluding hydrogens is 176 g/mol. The third-order valence-electron chi connectivity index (χ3n) is 1.62. The van der Waals surface area contributed by atoms with Gasteiger partial charge in [-0.05, 0) is 0 Å². The van der Waals surface area contributed by atoms with Gasteiger partial charge in [-0.15, -0.1) is 19.7 Å².